The molecule has 1 atom stereocenters. The van der Waals surface area contributed by atoms with Gasteiger partial charge >= 0.3 is 5.97 Å². The van der Waals surface area contributed by atoms with Gasteiger partial charge in [0, 0.05) is 0 Å². The zero-order chi connectivity index (χ0) is 14.6. The third kappa shape index (κ3) is 3.27. The summed E-state index contributed by atoms with van der Waals surface area (Å²) in [6, 6.07) is 0. The summed E-state index contributed by atoms with van der Waals surface area (Å²) in [6.07, 6.45) is 2.96. The van der Waals surface area contributed by atoms with Crippen LogP contribution in [0.25, 0.3) is 0 Å². The molecule has 0 rings (SSSR count). The second-order valence-electron chi connectivity index (χ2n) is 7.10. The minimum Gasteiger partial charge on any atom is -0.465 e. The van der Waals surface area contributed by atoms with Gasteiger partial charge in [0.15, 0.2) is 0 Å². The standard InChI is InChI=1S/C16H32O2/c1-9-11-12-18-13(17)16(8,14(3,4)5)15(6,7)10-2/h9-12H2,1-8H3. The number of esters is 1. The van der Waals surface area contributed by atoms with Crippen molar-refractivity contribution in [2.75, 3.05) is 6.61 Å². The Morgan fingerprint density at radius 3 is 1.83 bits per heavy atom. The molecule has 0 spiro atoms. The fourth-order valence-electron chi connectivity index (χ4n) is 2.40. The van der Waals surface area contributed by atoms with Crippen molar-refractivity contribution in [3.05, 3.63) is 0 Å². The predicted octanol–water partition coefficient (Wildman–Crippen LogP) is 4.82. The van der Waals surface area contributed by atoms with Crippen molar-refractivity contribution < 1.29 is 9.53 Å². The normalized spacial score (nSPS) is 16.2. The molecule has 0 saturated heterocycles. The van der Waals surface area contributed by atoms with Gasteiger partial charge in [-0.25, -0.2) is 0 Å². The molecule has 0 aromatic carbocycles. The molecule has 0 fully saturated rings. The van der Waals surface area contributed by atoms with Gasteiger partial charge in [-0.05, 0) is 30.6 Å². The summed E-state index contributed by atoms with van der Waals surface area (Å²) in [5, 5.41) is 0. The van der Waals surface area contributed by atoms with Crippen molar-refractivity contribution in [1.29, 1.82) is 0 Å². The Bertz CT molecular complexity index is 273. The molecule has 0 N–H and O–H groups in total. The van der Waals surface area contributed by atoms with Crippen LogP contribution in [0.4, 0.5) is 0 Å². The maximum absolute atomic E-state index is 12.6. The molecule has 2 nitrogen and oxygen atoms in total. The van der Waals surface area contributed by atoms with E-state index in [-0.39, 0.29) is 16.8 Å². The Morgan fingerprint density at radius 1 is 1.00 bits per heavy atom. The molecule has 0 aliphatic heterocycles. The Morgan fingerprint density at radius 2 is 1.50 bits per heavy atom. The van der Waals surface area contributed by atoms with Crippen LogP contribution in [0.5, 0.6) is 0 Å². The fraction of sp³-hybridized carbons (Fsp3) is 0.938. The Kier molecular flexibility index (Phi) is 5.90. The monoisotopic (exact) mass is 256 g/mol. The van der Waals surface area contributed by atoms with Crippen LogP contribution in [0.2, 0.25) is 0 Å². The minimum absolute atomic E-state index is 0.0460. The van der Waals surface area contributed by atoms with Gasteiger partial charge in [0.25, 0.3) is 0 Å². The molecule has 0 amide bonds. The van der Waals surface area contributed by atoms with Crippen LogP contribution in [-0.4, -0.2) is 12.6 Å². The van der Waals surface area contributed by atoms with Gasteiger partial charge < -0.3 is 4.74 Å². The van der Waals surface area contributed by atoms with Gasteiger partial charge in [-0.15, -0.1) is 0 Å². The average Bonchev–Trinajstić information content (AvgIpc) is 2.26. The molecular formula is C16H32O2. The van der Waals surface area contributed by atoms with E-state index >= 15 is 0 Å². The van der Waals surface area contributed by atoms with E-state index in [2.05, 4.69) is 55.4 Å². The summed E-state index contributed by atoms with van der Waals surface area (Å²) < 4.78 is 5.52. The number of carbonyl (C=O) groups excluding carboxylic acids is 1. The van der Waals surface area contributed by atoms with Gasteiger partial charge in [0.1, 0.15) is 0 Å². The van der Waals surface area contributed by atoms with E-state index in [1.54, 1.807) is 0 Å². The van der Waals surface area contributed by atoms with E-state index in [0.29, 0.717) is 6.61 Å². The van der Waals surface area contributed by atoms with Crippen LogP contribution in [0, 0.1) is 16.2 Å². The van der Waals surface area contributed by atoms with Crippen LogP contribution < -0.4 is 0 Å². The lowest BCUT2D eigenvalue weighted by atomic mass is 9.53. The van der Waals surface area contributed by atoms with Crippen LogP contribution in [0.1, 0.15) is 74.7 Å². The molecule has 0 bridgehead atoms. The van der Waals surface area contributed by atoms with Crippen LogP contribution in [-0.2, 0) is 9.53 Å². The van der Waals surface area contributed by atoms with E-state index in [0.717, 1.165) is 19.3 Å². The zero-order valence-electron chi connectivity index (χ0n) is 13.6. The highest BCUT2D eigenvalue weighted by atomic mass is 16.5. The molecule has 0 aliphatic carbocycles. The highest BCUT2D eigenvalue weighted by Gasteiger charge is 2.54. The lowest BCUT2D eigenvalue weighted by Crippen LogP contribution is -2.51. The molecule has 18 heavy (non-hydrogen) atoms. The maximum Gasteiger partial charge on any atom is 0.312 e. The lowest BCUT2D eigenvalue weighted by Gasteiger charge is -2.50. The summed E-state index contributed by atoms with van der Waals surface area (Å²) in [4.78, 5) is 12.6. The largest absolute Gasteiger partial charge is 0.465 e. The fourth-order valence-corrected chi connectivity index (χ4v) is 2.40. The van der Waals surface area contributed by atoms with Crippen molar-refractivity contribution in [3.8, 4) is 0 Å². The van der Waals surface area contributed by atoms with E-state index < -0.39 is 5.41 Å². The lowest BCUT2D eigenvalue weighted by molar-refractivity contribution is -0.174. The van der Waals surface area contributed by atoms with Crippen LogP contribution in [0.3, 0.4) is 0 Å². The predicted molar refractivity (Wildman–Crippen MR) is 77.5 cm³/mol. The molecule has 2 heteroatoms. The molecule has 0 radical (unpaired) electrons. The van der Waals surface area contributed by atoms with Gasteiger partial charge in [0.05, 0.1) is 12.0 Å². The highest BCUT2D eigenvalue weighted by Crippen LogP contribution is 2.53. The first kappa shape index (κ1) is 17.5. The third-order valence-electron chi connectivity index (χ3n) is 4.88. The average molecular weight is 256 g/mol. The quantitative estimate of drug-likeness (QED) is 0.503. The molecule has 0 heterocycles. The third-order valence-corrected chi connectivity index (χ3v) is 4.88. The van der Waals surface area contributed by atoms with Crippen molar-refractivity contribution in [1.82, 2.24) is 0 Å². The molecule has 108 valence electrons. The van der Waals surface area contributed by atoms with Crippen molar-refractivity contribution in [3.63, 3.8) is 0 Å². The van der Waals surface area contributed by atoms with Crippen molar-refractivity contribution in [2.45, 2.75) is 74.7 Å². The summed E-state index contributed by atoms with van der Waals surface area (Å²) >= 11 is 0. The number of hydrogen-bond donors (Lipinski definition) is 0. The van der Waals surface area contributed by atoms with Crippen LogP contribution in [0.15, 0.2) is 0 Å². The summed E-state index contributed by atoms with van der Waals surface area (Å²) in [5.41, 5.74) is -0.660. The van der Waals surface area contributed by atoms with E-state index in [9.17, 15) is 4.79 Å². The van der Waals surface area contributed by atoms with Gasteiger partial charge in [-0.1, -0.05) is 54.9 Å². The summed E-state index contributed by atoms with van der Waals surface area (Å²) in [5.74, 6) is -0.0460. The minimum atomic E-state index is -0.470. The van der Waals surface area contributed by atoms with E-state index in [1.807, 2.05) is 0 Å². The smallest absolute Gasteiger partial charge is 0.312 e. The highest BCUT2D eigenvalue weighted by molar-refractivity contribution is 5.78. The topological polar surface area (TPSA) is 26.3 Å². The second kappa shape index (κ2) is 6.08. The first-order valence-corrected chi connectivity index (χ1v) is 7.21. The van der Waals surface area contributed by atoms with Gasteiger partial charge in [-0.2, -0.15) is 0 Å². The number of rotatable bonds is 6. The number of carbonyl (C=O) groups is 1. The van der Waals surface area contributed by atoms with Crippen LogP contribution >= 0.6 is 0 Å². The first-order valence-electron chi connectivity index (χ1n) is 7.21. The van der Waals surface area contributed by atoms with Crippen molar-refractivity contribution in [2.24, 2.45) is 16.2 Å². The zero-order valence-corrected chi connectivity index (χ0v) is 13.6. The Balaban J connectivity index is 5.19. The van der Waals surface area contributed by atoms with Crippen molar-refractivity contribution >= 4 is 5.97 Å². The second-order valence-corrected chi connectivity index (χ2v) is 7.10. The number of unbranched alkanes of at least 4 members (excludes halogenated alkanes) is 1. The Hall–Kier alpha value is -0.530. The molecule has 1 unspecified atom stereocenters. The van der Waals surface area contributed by atoms with Gasteiger partial charge in [0.2, 0.25) is 0 Å². The summed E-state index contributed by atoms with van der Waals surface area (Å²) in [6.45, 7) is 17.6. The maximum atomic E-state index is 12.6. The number of ether oxygens (including phenoxy) is 1. The van der Waals surface area contributed by atoms with Gasteiger partial charge in [-0.3, -0.25) is 4.79 Å². The summed E-state index contributed by atoms with van der Waals surface area (Å²) in [7, 11) is 0. The number of hydrogen-bond acceptors (Lipinski definition) is 2. The SMILES string of the molecule is CCCCOC(=O)C(C)(C(C)(C)C)C(C)(C)CC. The first-order chi connectivity index (χ1) is 8.04. The molecule has 0 saturated carbocycles. The van der Waals surface area contributed by atoms with E-state index in [4.69, 9.17) is 4.74 Å². The molecule has 0 aliphatic rings. The van der Waals surface area contributed by atoms with E-state index in [1.165, 1.54) is 0 Å². The Labute approximate surface area is 113 Å². The molecular weight excluding hydrogens is 224 g/mol. The molecule has 0 aromatic rings. The molecule has 0 aromatic heterocycles.